The summed E-state index contributed by atoms with van der Waals surface area (Å²) < 4.78 is 59.6. The highest BCUT2D eigenvalue weighted by molar-refractivity contribution is 7.23. The van der Waals surface area contributed by atoms with Crippen LogP contribution < -0.4 is 20.1 Å². The van der Waals surface area contributed by atoms with Crippen LogP contribution in [0, 0.1) is 28.9 Å². The number of nitrogens with zero attached hydrogens (tertiary/aromatic N) is 5. The van der Waals surface area contributed by atoms with E-state index < -0.39 is 23.3 Å². The number of thiophene rings is 1. The number of aromatic nitrogens is 2. The smallest absolute Gasteiger partial charge is 0.319 e. The summed E-state index contributed by atoms with van der Waals surface area (Å²) in [6.07, 6.45) is 7.47. The van der Waals surface area contributed by atoms with Crippen molar-refractivity contribution in [2.75, 3.05) is 43.5 Å². The molecule has 0 amide bonds. The van der Waals surface area contributed by atoms with Crippen LogP contribution in [0.3, 0.4) is 0 Å². The summed E-state index contributed by atoms with van der Waals surface area (Å²) in [7, 11) is 0. The molecule has 13 heteroatoms. The Balaban J connectivity index is 1.25. The number of hydrogen-bond acceptors (Lipinski definition) is 9. The number of nitriles is 1. The summed E-state index contributed by atoms with van der Waals surface area (Å²) >= 11 is 8.01. The van der Waals surface area contributed by atoms with Crippen LogP contribution in [0.25, 0.3) is 32.1 Å². The fourth-order valence-electron chi connectivity index (χ4n) is 8.38. The molecule has 0 radical (unpaired) electrons. The van der Waals surface area contributed by atoms with Gasteiger partial charge in [0.2, 0.25) is 0 Å². The van der Waals surface area contributed by atoms with Gasteiger partial charge in [0, 0.05) is 42.9 Å². The van der Waals surface area contributed by atoms with Crippen molar-refractivity contribution in [2.24, 2.45) is 5.92 Å². The fraction of sp³-hybridized carbons (Fsp3) is 0.457. The number of halogens is 4. The highest BCUT2D eigenvalue weighted by atomic mass is 35.5. The number of anilines is 2. The van der Waals surface area contributed by atoms with Crippen molar-refractivity contribution in [3.8, 4) is 29.0 Å². The largest absolute Gasteiger partial charge is 0.491 e. The van der Waals surface area contributed by atoms with Crippen LogP contribution in [0.2, 0.25) is 5.02 Å². The third-order valence-electron chi connectivity index (χ3n) is 10.7. The van der Waals surface area contributed by atoms with Gasteiger partial charge in [-0.15, -0.1) is 11.3 Å². The molecule has 1 saturated carbocycles. The average Bonchev–Trinajstić information content (AvgIpc) is 3.33. The number of benzene rings is 2. The van der Waals surface area contributed by atoms with Gasteiger partial charge in [0.25, 0.3) is 0 Å². The van der Waals surface area contributed by atoms with E-state index in [1.54, 1.807) is 0 Å². The van der Waals surface area contributed by atoms with Crippen molar-refractivity contribution < 1.29 is 22.6 Å². The van der Waals surface area contributed by atoms with Gasteiger partial charge >= 0.3 is 6.01 Å². The quantitative estimate of drug-likeness (QED) is 0.214. The maximum absolute atomic E-state index is 17.3. The van der Waals surface area contributed by atoms with Gasteiger partial charge in [-0.2, -0.15) is 15.2 Å². The number of ether oxygens (including phenoxy) is 2. The zero-order valence-corrected chi connectivity index (χ0v) is 27.6. The van der Waals surface area contributed by atoms with Crippen molar-refractivity contribution in [1.82, 2.24) is 14.9 Å². The molecule has 2 unspecified atom stereocenters. The summed E-state index contributed by atoms with van der Waals surface area (Å²) in [5.74, 6) is -0.0532. The zero-order chi connectivity index (χ0) is 32.9. The van der Waals surface area contributed by atoms with Crippen LogP contribution in [0.15, 0.2) is 23.8 Å². The molecule has 3 saturated heterocycles. The summed E-state index contributed by atoms with van der Waals surface area (Å²) in [5.41, 5.74) is 7.11. The van der Waals surface area contributed by atoms with E-state index >= 15 is 8.78 Å². The number of alkyl halides is 1. The van der Waals surface area contributed by atoms with Crippen LogP contribution in [0.5, 0.6) is 11.8 Å². The highest BCUT2D eigenvalue weighted by Crippen LogP contribution is 2.52. The first-order valence-corrected chi connectivity index (χ1v) is 17.7. The average molecular weight is 693 g/mol. The Hall–Kier alpha value is -3.79. The molecule has 4 fully saturated rings. The highest BCUT2D eigenvalue weighted by Gasteiger charge is 2.49. The van der Waals surface area contributed by atoms with Crippen LogP contribution in [-0.2, 0) is 0 Å². The Morgan fingerprint density at radius 1 is 1.23 bits per heavy atom. The Kier molecular flexibility index (Phi) is 7.01. The predicted octanol–water partition coefficient (Wildman–Crippen LogP) is 7.55. The van der Waals surface area contributed by atoms with E-state index in [4.69, 9.17) is 31.8 Å². The first kappa shape index (κ1) is 30.3. The predicted molar refractivity (Wildman–Crippen MR) is 180 cm³/mol. The summed E-state index contributed by atoms with van der Waals surface area (Å²) in [5, 5.41) is 10.6. The van der Waals surface area contributed by atoms with Gasteiger partial charge in [0.05, 0.1) is 32.8 Å². The van der Waals surface area contributed by atoms with E-state index in [1.807, 2.05) is 0 Å². The van der Waals surface area contributed by atoms with Crippen molar-refractivity contribution in [2.45, 2.75) is 62.7 Å². The monoisotopic (exact) mass is 692 g/mol. The first-order chi connectivity index (χ1) is 23.2. The topological polar surface area (TPSA) is 101 Å². The minimum absolute atomic E-state index is 0.0140. The van der Waals surface area contributed by atoms with Gasteiger partial charge in [0.15, 0.2) is 11.6 Å². The Labute approximate surface area is 283 Å². The Morgan fingerprint density at radius 3 is 2.90 bits per heavy atom. The lowest BCUT2D eigenvalue weighted by Crippen LogP contribution is -2.43. The summed E-state index contributed by atoms with van der Waals surface area (Å²) in [6.45, 7) is 2.32. The lowest BCUT2D eigenvalue weighted by atomic mass is 9.95. The fourth-order valence-corrected chi connectivity index (χ4v) is 9.66. The van der Waals surface area contributed by atoms with Crippen molar-refractivity contribution >= 4 is 54.7 Å². The molecule has 4 aromatic rings. The third kappa shape index (κ3) is 4.65. The minimum Gasteiger partial charge on any atom is -0.491 e. The Bertz CT molecular complexity index is 2100. The van der Waals surface area contributed by atoms with Gasteiger partial charge in [-0.3, -0.25) is 4.90 Å². The first-order valence-electron chi connectivity index (χ1n) is 16.5. The number of rotatable bonds is 5. The van der Waals surface area contributed by atoms with E-state index in [0.29, 0.717) is 49.7 Å². The van der Waals surface area contributed by atoms with Crippen molar-refractivity contribution in [1.29, 1.82) is 5.26 Å². The molecule has 248 valence electrons. The van der Waals surface area contributed by atoms with Crippen molar-refractivity contribution in [3.05, 3.63) is 46.0 Å². The van der Waals surface area contributed by atoms with E-state index in [-0.39, 0.29) is 66.7 Å². The molecule has 6 heterocycles. The van der Waals surface area contributed by atoms with E-state index in [2.05, 4.69) is 26.9 Å². The molecule has 5 aliphatic rings. The molecule has 9 rings (SSSR count). The molecule has 2 aromatic carbocycles. The SMILES string of the molecule is N#Cc1c(N)sc2c(F)ccc(-c3c(Cl)c4c5c(nc(OCC67CCCN6C[C@H](F)C7)nc5c3F)N3C/C(=C\C5CC5)CC3CCO4)c12. The number of hydrogen-bond donors (Lipinski definition) is 1. The van der Waals surface area contributed by atoms with Crippen LogP contribution in [-0.4, -0.2) is 65.5 Å². The number of allylic oxidation sites excluding steroid dienone is 1. The van der Waals surface area contributed by atoms with Gasteiger partial charge in [-0.05, 0) is 56.2 Å². The maximum Gasteiger partial charge on any atom is 0.319 e. The molecular formula is C35H32ClF3N6O2S. The van der Waals surface area contributed by atoms with Crippen molar-refractivity contribution in [3.63, 3.8) is 0 Å². The lowest BCUT2D eigenvalue weighted by molar-refractivity contribution is 0.107. The van der Waals surface area contributed by atoms with Gasteiger partial charge < -0.3 is 20.1 Å². The molecule has 0 spiro atoms. The Morgan fingerprint density at radius 2 is 2.08 bits per heavy atom. The summed E-state index contributed by atoms with van der Waals surface area (Å²) in [6, 6.07) is 4.73. The second kappa shape index (κ2) is 11.1. The molecular weight excluding hydrogens is 661 g/mol. The normalized spacial score (nSPS) is 26.1. The number of nitrogens with two attached hydrogens (primary N) is 1. The van der Waals surface area contributed by atoms with Gasteiger partial charge in [-0.1, -0.05) is 29.3 Å². The van der Waals surface area contributed by atoms with Crippen LogP contribution >= 0.6 is 22.9 Å². The van der Waals surface area contributed by atoms with E-state index in [9.17, 15) is 9.65 Å². The molecule has 48 heavy (non-hydrogen) atoms. The second-order valence-electron chi connectivity index (χ2n) is 13.8. The summed E-state index contributed by atoms with van der Waals surface area (Å²) in [4.78, 5) is 13.9. The van der Waals surface area contributed by atoms with Gasteiger partial charge in [0.1, 0.15) is 41.0 Å². The second-order valence-corrected chi connectivity index (χ2v) is 15.2. The molecule has 1 aliphatic carbocycles. The molecule has 3 atom stereocenters. The molecule has 2 N–H and O–H groups in total. The molecule has 4 aliphatic heterocycles. The molecule has 8 nitrogen and oxygen atoms in total. The number of nitrogen functional groups attached to an aromatic ring is 1. The van der Waals surface area contributed by atoms with E-state index in [0.717, 1.165) is 37.1 Å². The maximum atomic E-state index is 17.3. The zero-order valence-electron chi connectivity index (χ0n) is 26.0. The lowest BCUT2D eigenvalue weighted by Gasteiger charge is -2.32. The minimum atomic E-state index is -0.930. The number of fused-ring (bicyclic) bond motifs is 4. The van der Waals surface area contributed by atoms with Crippen LogP contribution in [0.4, 0.5) is 24.0 Å². The van der Waals surface area contributed by atoms with E-state index in [1.165, 1.54) is 30.5 Å². The molecule has 0 bridgehead atoms. The van der Waals surface area contributed by atoms with Crippen LogP contribution in [0.1, 0.15) is 50.5 Å². The molecule has 2 aromatic heterocycles. The standard InChI is InChI=1S/C35H32ClF3N6O2S/c36-27-25(21-4-5-23(38)31-24(21)22(13-40)32(41)48-31)28(39)29-26-30(27)46-9-6-20-11-18(10-17-2-3-17)14-45(20)33(26)43-34(42-29)47-16-35-7-1-8-44(35)15-19(37)12-35/h4-5,10,17,19-20H,1-3,6-9,11-12,14-16,41H2/b18-10-/t19-,20?,35?/m1/s1. The third-order valence-corrected chi connectivity index (χ3v) is 12.1. The van der Waals surface area contributed by atoms with Gasteiger partial charge in [-0.25, -0.2) is 13.2 Å².